The first-order chi connectivity index (χ1) is 6.29. The molecule has 0 saturated carbocycles. The molecule has 1 heterocycles. The molecule has 0 radical (unpaired) electrons. The monoisotopic (exact) mass is 185 g/mol. The van der Waals surface area contributed by atoms with Gasteiger partial charge in [0.1, 0.15) is 0 Å². The standard InChI is InChI=1S/C10H19NO2/c1-9(12)13-8-4-6-10-5-2-3-7-11-10/h10-11H,2-8H2,1H3/t10-/m0/s1. The highest BCUT2D eigenvalue weighted by Gasteiger charge is 2.11. The number of esters is 1. The number of hydrogen-bond donors (Lipinski definition) is 1. The molecular formula is C10H19NO2. The Balaban J connectivity index is 1.95. The molecule has 76 valence electrons. The number of carbonyl (C=O) groups excluding carboxylic acids is 1. The summed E-state index contributed by atoms with van der Waals surface area (Å²) in [5.74, 6) is -0.170. The fourth-order valence-electron chi connectivity index (χ4n) is 1.72. The van der Waals surface area contributed by atoms with Crippen molar-refractivity contribution in [2.45, 2.75) is 45.1 Å². The number of piperidine rings is 1. The molecule has 0 spiro atoms. The van der Waals surface area contributed by atoms with Crippen molar-refractivity contribution in [2.24, 2.45) is 0 Å². The molecule has 0 bridgehead atoms. The Morgan fingerprint density at radius 1 is 1.54 bits per heavy atom. The minimum Gasteiger partial charge on any atom is -0.466 e. The zero-order chi connectivity index (χ0) is 9.52. The van der Waals surface area contributed by atoms with E-state index in [1.807, 2.05) is 0 Å². The van der Waals surface area contributed by atoms with E-state index < -0.39 is 0 Å². The molecule has 0 unspecified atom stereocenters. The summed E-state index contributed by atoms with van der Waals surface area (Å²) >= 11 is 0. The zero-order valence-electron chi connectivity index (χ0n) is 8.34. The van der Waals surface area contributed by atoms with Crippen LogP contribution < -0.4 is 5.32 Å². The topological polar surface area (TPSA) is 38.3 Å². The predicted molar refractivity (Wildman–Crippen MR) is 51.5 cm³/mol. The minimum absolute atomic E-state index is 0.170. The molecule has 1 N–H and O–H groups in total. The lowest BCUT2D eigenvalue weighted by Gasteiger charge is -2.23. The minimum atomic E-state index is -0.170. The van der Waals surface area contributed by atoms with Crippen LogP contribution in [-0.2, 0) is 9.53 Å². The highest BCUT2D eigenvalue weighted by molar-refractivity contribution is 5.65. The van der Waals surface area contributed by atoms with Crippen molar-refractivity contribution in [3.8, 4) is 0 Å². The quantitative estimate of drug-likeness (QED) is 0.532. The molecule has 1 saturated heterocycles. The fraction of sp³-hybridized carbons (Fsp3) is 0.900. The van der Waals surface area contributed by atoms with E-state index in [2.05, 4.69) is 5.32 Å². The van der Waals surface area contributed by atoms with Crippen molar-refractivity contribution < 1.29 is 9.53 Å². The van der Waals surface area contributed by atoms with Gasteiger partial charge in [-0.15, -0.1) is 0 Å². The maximum Gasteiger partial charge on any atom is 0.302 e. The van der Waals surface area contributed by atoms with Gasteiger partial charge in [0.15, 0.2) is 0 Å². The van der Waals surface area contributed by atoms with Crippen LogP contribution in [0.2, 0.25) is 0 Å². The van der Waals surface area contributed by atoms with Crippen molar-refractivity contribution in [2.75, 3.05) is 13.2 Å². The number of hydrogen-bond acceptors (Lipinski definition) is 3. The Morgan fingerprint density at radius 2 is 2.38 bits per heavy atom. The summed E-state index contributed by atoms with van der Waals surface area (Å²) in [7, 11) is 0. The molecule has 13 heavy (non-hydrogen) atoms. The van der Waals surface area contributed by atoms with E-state index in [0.717, 1.165) is 19.4 Å². The van der Waals surface area contributed by atoms with Crippen LogP contribution in [0.25, 0.3) is 0 Å². The van der Waals surface area contributed by atoms with Crippen LogP contribution in [0.3, 0.4) is 0 Å². The average Bonchev–Trinajstić information content (AvgIpc) is 2.14. The summed E-state index contributed by atoms with van der Waals surface area (Å²) < 4.78 is 4.87. The third kappa shape index (κ3) is 4.88. The van der Waals surface area contributed by atoms with Gasteiger partial charge in [0.2, 0.25) is 0 Å². The van der Waals surface area contributed by atoms with Gasteiger partial charge < -0.3 is 10.1 Å². The number of carbonyl (C=O) groups is 1. The molecule has 0 aromatic heterocycles. The SMILES string of the molecule is CC(=O)OCCC[C@@H]1CCCCN1. The van der Waals surface area contributed by atoms with Gasteiger partial charge in [0.25, 0.3) is 0 Å². The highest BCUT2D eigenvalue weighted by Crippen LogP contribution is 2.11. The lowest BCUT2D eigenvalue weighted by Crippen LogP contribution is -2.34. The van der Waals surface area contributed by atoms with Gasteiger partial charge in [-0.25, -0.2) is 0 Å². The van der Waals surface area contributed by atoms with Crippen molar-refractivity contribution in [3.05, 3.63) is 0 Å². The molecule has 1 rings (SSSR count). The van der Waals surface area contributed by atoms with Gasteiger partial charge in [0.05, 0.1) is 6.61 Å². The van der Waals surface area contributed by atoms with Crippen LogP contribution in [-0.4, -0.2) is 25.2 Å². The smallest absolute Gasteiger partial charge is 0.302 e. The Hall–Kier alpha value is -0.570. The number of nitrogens with one attached hydrogen (secondary N) is 1. The van der Waals surface area contributed by atoms with Gasteiger partial charge in [-0.3, -0.25) is 4.79 Å². The van der Waals surface area contributed by atoms with Crippen LogP contribution in [0.4, 0.5) is 0 Å². The van der Waals surface area contributed by atoms with Crippen molar-refractivity contribution >= 4 is 5.97 Å². The van der Waals surface area contributed by atoms with Crippen molar-refractivity contribution in [3.63, 3.8) is 0 Å². The second-order valence-electron chi connectivity index (χ2n) is 3.63. The molecule has 0 amide bonds. The number of rotatable bonds is 4. The molecule has 1 aliphatic heterocycles. The lowest BCUT2D eigenvalue weighted by molar-refractivity contribution is -0.141. The lowest BCUT2D eigenvalue weighted by atomic mass is 10.0. The summed E-state index contributed by atoms with van der Waals surface area (Å²) in [6, 6.07) is 0.657. The molecule has 0 aromatic carbocycles. The van der Waals surface area contributed by atoms with Crippen LogP contribution in [0.1, 0.15) is 39.0 Å². The van der Waals surface area contributed by atoms with E-state index in [-0.39, 0.29) is 5.97 Å². The van der Waals surface area contributed by atoms with Crippen LogP contribution in [0, 0.1) is 0 Å². The maximum absolute atomic E-state index is 10.5. The molecule has 1 aliphatic rings. The largest absolute Gasteiger partial charge is 0.466 e. The zero-order valence-corrected chi connectivity index (χ0v) is 8.34. The predicted octanol–water partition coefficient (Wildman–Crippen LogP) is 1.47. The first-order valence-corrected chi connectivity index (χ1v) is 5.16. The Labute approximate surface area is 79.8 Å². The van der Waals surface area contributed by atoms with Crippen LogP contribution >= 0.6 is 0 Å². The van der Waals surface area contributed by atoms with E-state index in [9.17, 15) is 4.79 Å². The fourth-order valence-corrected chi connectivity index (χ4v) is 1.72. The molecule has 0 aromatic rings. The molecule has 3 nitrogen and oxygen atoms in total. The van der Waals surface area contributed by atoms with E-state index in [0.29, 0.717) is 12.6 Å². The Bertz CT molecular complexity index is 153. The summed E-state index contributed by atoms with van der Waals surface area (Å²) in [4.78, 5) is 10.5. The van der Waals surface area contributed by atoms with Gasteiger partial charge in [0, 0.05) is 13.0 Å². The Morgan fingerprint density at radius 3 is 3.00 bits per heavy atom. The van der Waals surface area contributed by atoms with Crippen molar-refractivity contribution in [1.29, 1.82) is 0 Å². The molecule has 0 aliphatic carbocycles. The van der Waals surface area contributed by atoms with Crippen LogP contribution in [0.15, 0.2) is 0 Å². The molecule has 3 heteroatoms. The van der Waals surface area contributed by atoms with Gasteiger partial charge in [-0.05, 0) is 32.2 Å². The number of ether oxygens (including phenoxy) is 1. The normalized spacial score (nSPS) is 22.7. The maximum atomic E-state index is 10.5. The second kappa shape index (κ2) is 5.97. The van der Waals surface area contributed by atoms with Crippen molar-refractivity contribution in [1.82, 2.24) is 5.32 Å². The summed E-state index contributed by atoms with van der Waals surface area (Å²) in [6.45, 7) is 3.19. The first-order valence-electron chi connectivity index (χ1n) is 5.16. The highest BCUT2D eigenvalue weighted by atomic mass is 16.5. The summed E-state index contributed by atoms with van der Waals surface area (Å²) in [6.07, 6.45) is 6.04. The molecule has 1 fully saturated rings. The summed E-state index contributed by atoms with van der Waals surface area (Å²) in [5.41, 5.74) is 0. The molecular weight excluding hydrogens is 166 g/mol. The van der Waals surface area contributed by atoms with E-state index in [4.69, 9.17) is 4.74 Å². The third-order valence-corrected chi connectivity index (χ3v) is 2.41. The van der Waals surface area contributed by atoms with E-state index in [1.165, 1.54) is 26.2 Å². The third-order valence-electron chi connectivity index (χ3n) is 2.41. The van der Waals surface area contributed by atoms with E-state index in [1.54, 1.807) is 0 Å². The molecule has 1 atom stereocenters. The van der Waals surface area contributed by atoms with Gasteiger partial charge in [-0.2, -0.15) is 0 Å². The second-order valence-corrected chi connectivity index (χ2v) is 3.63. The first kappa shape index (κ1) is 10.5. The summed E-state index contributed by atoms with van der Waals surface area (Å²) in [5, 5.41) is 3.47. The Kier molecular flexibility index (Phi) is 4.83. The van der Waals surface area contributed by atoms with Crippen LogP contribution in [0.5, 0.6) is 0 Å². The van der Waals surface area contributed by atoms with Gasteiger partial charge >= 0.3 is 5.97 Å². The average molecular weight is 185 g/mol. The van der Waals surface area contributed by atoms with Gasteiger partial charge in [-0.1, -0.05) is 6.42 Å². The van der Waals surface area contributed by atoms with E-state index >= 15 is 0 Å².